The molecule has 1 rings (SSSR count). The molecule has 1 aromatic heterocycles. The molecule has 3 nitrogen and oxygen atoms in total. The van der Waals surface area contributed by atoms with Crippen molar-refractivity contribution in [3.8, 4) is 0 Å². The molecule has 0 saturated heterocycles. The summed E-state index contributed by atoms with van der Waals surface area (Å²) in [5.41, 5.74) is 0. The maximum absolute atomic E-state index is 5.95. The molecular formula is C9H9BrClN3S. The SMILES string of the molecule is C=CCNC(=S)Nc1ncc(Br)cc1Cl. The molecule has 0 fully saturated rings. The molecule has 0 atom stereocenters. The minimum absolute atomic E-state index is 0.464. The molecule has 15 heavy (non-hydrogen) atoms. The zero-order valence-corrected chi connectivity index (χ0v) is 10.9. The van der Waals surface area contributed by atoms with E-state index in [4.69, 9.17) is 23.8 Å². The Kier molecular flexibility index (Phi) is 5.01. The molecule has 6 heteroatoms. The van der Waals surface area contributed by atoms with Crippen LogP contribution in [0.2, 0.25) is 5.02 Å². The fraction of sp³-hybridized carbons (Fsp3) is 0.111. The van der Waals surface area contributed by atoms with E-state index in [0.29, 0.717) is 22.5 Å². The summed E-state index contributed by atoms with van der Waals surface area (Å²) in [6.07, 6.45) is 3.36. The highest BCUT2D eigenvalue weighted by Gasteiger charge is 2.03. The van der Waals surface area contributed by atoms with E-state index >= 15 is 0 Å². The Morgan fingerprint density at radius 1 is 1.73 bits per heavy atom. The topological polar surface area (TPSA) is 37.0 Å². The Hall–Kier alpha value is -0.650. The second kappa shape index (κ2) is 6.05. The normalized spacial score (nSPS) is 9.47. The summed E-state index contributed by atoms with van der Waals surface area (Å²) in [5, 5.41) is 6.77. The van der Waals surface area contributed by atoms with E-state index < -0.39 is 0 Å². The van der Waals surface area contributed by atoms with Gasteiger partial charge < -0.3 is 10.6 Å². The van der Waals surface area contributed by atoms with Crippen LogP contribution in [0.4, 0.5) is 5.82 Å². The predicted molar refractivity (Wildman–Crippen MR) is 71.4 cm³/mol. The van der Waals surface area contributed by atoms with Gasteiger partial charge in [0.05, 0.1) is 5.02 Å². The Labute approximate surface area is 107 Å². The summed E-state index contributed by atoms with van der Waals surface area (Å²) in [6, 6.07) is 1.74. The summed E-state index contributed by atoms with van der Waals surface area (Å²) in [7, 11) is 0. The molecule has 0 saturated carbocycles. The maximum atomic E-state index is 5.95. The molecule has 0 bridgehead atoms. The third-order valence-electron chi connectivity index (χ3n) is 1.45. The van der Waals surface area contributed by atoms with Gasteiger partial charge in [0.15, 0.2) is 10.9 Å². The first-order valence-corrected chi connectivity index (χ1v) is 5.68. The molecule has 80 valence electrons. The largest absolute Gasteiger partial charge is 0.359 e. The number of hydrogen-bond donors (Lipinski definition) is 2. The van der Waals surface area contributed by atoms with Gasteiger partial charge in [-0.1, -0.05) is 17.7 Å². The van der Waals surface area contributed by atoms with Crippen molar-refractivity contribution in [2.24, 2.45) is 0 Å². The second-order valence-corrected chi connectivity index (χ2v) is 4.34. The highest BCUT2D eigenvalue weighted by molar-refractivity contribution is 9.10. The quantitative estimate of drug-likeness (QED) is 0.665. The molecule has 0 aliphatic heterocycles. The van der Waals surface area contributed by atoms with Crippen LogP contribution in [0.25, 0.3) is 0 Å². The average molecular weight is 307 g/mol. The minimum atomic E-state index is 0.464. The molecule has 0 aliphatic rings. The highest BCUT2D eigenvalue weighted by Crippen LogP contribution is 2.22. The van der Waals surface area contributed by atoms with Crippen LogP contribution < -0.4 is 10.6 Å². The highest BCUT2D eigenvalue weighted by atomic mass is 79.9. The van der Waals surface area contributed by atoms with Gasteiger partial charge in [-0.3, -0.25) is 0 Å². The molecule has 0 radical (unpaired) electrons. The zero-order chi connectivity index (χ0) is 11.3. The Morgan fingerprint density at radius 2 is 2.47 bits per heavy atom. The summed E-state index contributed by atoms with van der Waals surface area (Å²) >= 11 is 14.2. The fourth-order valence-electron chi connectivity index (χ4n) is 0.823. The Balaban J connectivity index is 2.64. The number of rotatable bonds is 3. The van der Waals surface area contributed by atoms with E-state index in [0.717, 1.165) is 4.47 Å². The van der Waals surface area contributed by atoms with E-state index in [2.05, 4.69) is 38.1 Å². The molecule has 0 amide bonds. The van der Waals surface area contributed by atoms with Crippen molar-refractivity contribution in [3.63, 3.8) is 0 Å². The first kappa shape index (κ1) is 12.4. The van der Waals surface area contributed by atoms with Crippen LogP contribution in [0.3, 0.4) is 0 Å². The van der Waals surface area contributed by atoms with Crippen LogP contribution in [0, 0.1) is 0 Å². The second-order valence-electron chi connectivity index (χ2n) is 2.61. The van der Waals surface area contributed by atoms with Gasteiger partial charge in [-0.15, -0.1) is 6.58 Å². The summed E-state index contributed by atoms with van der Waals surface area (Å²) in [6.45, 7) is 4.17. The number of aromatic nitrogens is 1. The molecule has 1 heterocycles. The van der Waals surface area contributed by atoms with E-state index in [1.807, 2.05) is 0 Å². The third kappa shape index (κ3) is 4.15. The van der Waals surface area contributed by atoms with Crippen molar-refractivity contribution >= 4 is 50.7 Å². The summed E-state index contributed by atoms with van der Waals surface area (Å²) in [4.78, 5) is 4.08. The summed E-state index contributed by atoms with van der Waals surface area (Å²) in [5.74, 6) is 0.529. The van der Waals surface area contributed by atoms with Crippen LogP contribution in [-0.4, -0.2) is 16.6 Å². The predicted octanol–water partition coefficient (Wildman–Crippen LogP) is 2.97. The Morgan fingerprint density at radius 3 is 3.07 bits per heavy atom. The van der Waals surface area contributed by atoms with Gasteiger partial charge in [0.1, 0.15) is 0 Å². The average Bonchev–Trinajstić information content (AvgIpc) is 2.19. The number of nitrogens with zero attached hydrogens (tertiary/aromatic N) is 1. The molecular weight excluding hydrogens is 298 g/mol. The lowest BCUT2D eigenvalue weighted by Gasteiger charge is -2.09. The summed E-state index contributed by atoms with van der Waals surface area (Å²) < 4.78 is 0.822. The lowest BCUT2D eigenvalue weighted by atomic mass is 10.4. The first-order valence-electron chi connectivity index (χ1n) is 4.10. The fourth-order valence-corrected chi connectivity index (χ4v) is 1.68. The zero-order valence-electron chi connectivity index (χ0n) is 7.76. The number of anilines is 1. The van der Waals surface area contributed by atoms with Crippen LogP contribution in [-0.2, 0) is 0 Å². The van der Waals surface area contributed by atoms with Gasteiger partial charge in [-0.05, 0) is 34.2 Å². The van der Waals surface area contributed by atoms with Crippen LogP contribution in [0.1, 0.15) is 0 Å². The number of nitrogens with one attached hydrogen (secondary N) is 2. The van der Waals surface area contributed by atoms with Crippen molar-refractivity contribution in [1.29, 1.82) is 0 Å². The van der Waals surface area contributed by atoms with Crippen molar-refractivity contribution in [2.45, 2.75) is 0 Å². The van der Waals surface area contributed by atoms with Gasteiger partial charge in [0.2, 0.25) is 0 Å². The smallest absolute Gasteiger partial charge is 0.172 e. The third-order valence-corrected chi connectivity index (χ3v) is 2.41. The van der Waals surface area contributed by atoms with E-state index in [9.17, 15) is 0 Å². The number of halogens is 2. The lowest BCUT2D eigenvalue weighted by molar-refractivity contribution is 1.06. The van der Waals surface area contributed by atoms with Gasteiger partial charge >= 0.3 is 0 Å². The van der Waals surface area contributed by atoms with Crippen LogP contribution in [0.5, 0.6) is 0 Å². The number of pyridine rings is 1. The van der Waals surface area contributed by atoms with E-state index in [1.165, 1.54) is 0 Å². The molecule has 0 spiro atoms. The first-order chi connectivity index (χ1) is 7.13. The maximum Gasteiger partial charge on any atom is 0.172 e. The van der Waals surface area contributed by atoms with E-state index in [-0.39, 0.29) is 0 Å². The van der Waals surface area contributed by atoms with Crippen molar-refractivity contribution in [1.82, 2.24) is 10.3 Å². The van der Waals surface area contributed by atoms with Gasteiger partial charge in [0, 0.05) is 17.2 Å². The molecule has 0 unspecified atom stereocenters. The van der Waals surface area contributed by atoms with Crippen LogP contribution >= 0.6 is 39.7 Å². The molecule has 2 N–H and O–H groups in total. The van der Waals surface area contributed by atoms with Crippen molar-refractivity contribution < 1.29 is 0 Å². The standard InChI is InChI=1S/C9H9BrClN3S/c1-2-3-12-9(15)14-8-7(11)4-6(10)5-13-8/h2,4-5H,1,3H2,(H2,12,13,14,15). The van der Waals surface area contributed by atoms with Gasteiger partial charge in [0.25, 0.3) is 0 Å². The number of hydrogen-bond acceptors (Lipinski definition) is 2. The van der Waals surface area contributed by atoms with Crippen LogP contribution in [0.15, 0.2) is 29.4 Å². The lowest BCUT2D eigenvalue weighted by Crippen LogP contribution is -2.28. The monoisotopic (exact) mass is 305 g/mol. The molecule has 1 aromatic rings. The van der Waals surface area contributed by atoms with Gasteiger partial charge in [-0.2, -0.15) is 0 Å². The van der Waals surface area contributed by atoms with Crippen molar-refractivity contribution in [2.75, 3.05) is 11.9 Å². The van der Waals surface area contributed by atoms with E-state index in [1.54, 1.807) is 18.3 Å². The van der Waals surface area contributed by atoms with Crippen molar-refractivity contribution in [3.05, 3.63) is 34.4 Å². The molecule has 0 aromatic carbocycles. The molecule has 0 aliphatic carbocycles. The number of thiocarbonyl (C=S) groups is 1. The van der Waals surface area contributed by atoms with Gasteiger partial charge in [-0.25, -0.2) is 4.98 Å². The minimum Gasteiger partial charge on any atom is -0.359 e. The Bertz CT molecular complexity index is 384.